The lowest BCUT2D eigenvalue weighted by Gasteiger charge is -2.09. The molecule has 4 N–H and O–H groups in total. The third kappa shape index (κ3) is 3.66. The number of aliphatic hydroxyl groups excluding tert-OH is 1. The van der Waals surface area contributed by atoms with E-state index >= 15 is 0 Å². The van der Waals surface area contributed by atoms with Gasteiger partial charge in [-0.05, 0) is 19.8 Å². The van der Waals surface area contributed by atoms with E-state index in [2.05, 4.69) is 15.3 Å². The van der Waals surface area contributed by atoms with Gasteiger partial charge in [0.15, 0.2) is 6.10 Å². The van der Waals surface area contributed by atoms with Crippen molar-refractivity contribution in [2.75, 3.05) is 6.54 Å². The molecule has 1 fully saturated rings. The summed E-state index contributed by atoms with van der Waals surface area (Å²) in [6.45, 7) is 1.54. The van der Waals surface area contributed by atoms with Gasteiger partial charge in [-0.1, -0.05) is 0 Å². The topological polar surface area (TPSA) is 132 Å². The Morgan fingerprint density at radius 2 is 2.14 bits per heavy atom. The number of aromatic amines is 1. The minimum atomic E-state index is -1.54. The molecule has 2 rings (SSSR count). The van der Waals surface area contributed by atoms with Gasteiger partial charge < -0.3 is 20.5 Å². The number of aromatic nitrogens is 2. The zero-order chi connectivity index (χ0) is 15.6. The second kappa shape index (κ2) is 6.04. The Morgan fingerprint density at radius 1 is 1.48 bits per heavy atom. The van der Waals surface area contributed by atoms with Crippen molar-refractivity contribution in [1.82, 2.24) is 15.3 Å². The number of amides is 1. The molecule has 8 nitrogen and oxygen atoms in total. The third-order valence-corrected chi connectivity index (χ3v) is 3.30. The van der Waals surface area contributed by atoms with Crippen LogP contribution in [-0.2, 0) is 4.79 Å². The van der Waals surface area contributed by atoms with Gasteiger partial charge in [0, 0.05) is 18.9 Å². The molecule has 1 aromatic heterocycles. The lowest BCUT2D eigenvalue weighted by atomic mass is 10.2. The van der Waals surface area contributed by atoms with Gasteiger partial charge in [0.25, 0.3) is 11.5 Å². The number of hydrogen-bond acceptors (Lipinski definition) is 5. The highest BCUT2D eigenvalue weighted by atomic mass is 16.4. The summed E-state index contributed by atoms with van der Waals surface area (Å²) >= 11 is 0. The normalized spacial score (nSPS) is 15.5. The molecule has 8 heteroatoms. The van der Waals surface area contributed by atoms with Crippen molar-refractivity contribution in [2.24, 2.45) is 0 Å². The maximum absolute atomic E-state index is 11.9. The van der Waals surface area contributed by atoms with Crippen molar-refractivity contribution in [3.05, 3.63) is 27.4 Å². The summed E-state index contributed by atoms with van der Waals surface area (Å²) in [5.41, 5.74) is -0.234. The molecule has 1 saturated carbocycles. The average molecular weight is 295 g/mol. The van der Waals surface area contributed by atoms with Crippen LogP contribution in [0.15, 0.2) is 4.79 Å². The first kappa shape index (κ1) is 15.2. The monoisotopic (exact) mass is 295 g/mol. The van der Waals surface area contributed by atoms with Gasteiger partial charge in [0.05, 0.1) is 5.69 Å². The molecule has 0 saturated heterocycles. The fraction of sp³-hybridized carbons (Fsp3) is 0.538. The first-order chi connectivity index (χ1) is 9.90. The number of carboxylic acids is 1. The highest BCUT2D eigenvalue weighted by molar-refractivity contribution is 5.94. The number of aryl methyl sites for hydroxylation is 1. The number of carbonyl (C=O) groups excluding carboxylic acids is 1. The van der Waals surface area contributed by atoms with Crippen LogP contribution in [0, 0.1) is 6.92 Å². The summed E-state index contributed by atoms with van der Waals surface area (Å²) in [4.78, 5) is 41.1. The van der Waals surface area contributed by atoms with Crippen molar-refractivity contribution < 1.29 is 19.8 Å². The van der Waals surface area contributed by atoms with Crippen molar-refractivity contribution in [1.29, 1.82) is 0 Å². The van der Waals surface area contributed by atoms with Crippen molar-refractivity contribution in [2.45, 2.75) is 38.2 Å². The van der Waals surface area contributed by atoms with E-state index < -0.39 is 23.5 Å². The molecule has 0 aliphatic heterocycles. The largest absolute Gasteiger partial charge is 0.479 e. The van der Waals surface area contributed by atoms with Crippen LogP contribution in [0.1, 0.15) is 47.1 Å². The number of aliphatic carboxylic acids is 1. The van der Waals surface area contributed by atoms with Crippen LogP contribution < -0.4 is 10.9 Å². The van der Waals surface area contributed by atoms with Crippen molar-refractivity contribution in [3.8, 4) is 0 Å². The fourth-order valence-electron chi connectivity index (χ4n) is 1.96. The summed E-state index contributed by atoms with van der Waals surface area (Å²) < 4.78 is 0. The standard InChI is InChI=1S/C13H17N3O5/c1-6-9(11(18)14-5-4-8(17)13(20)21)12(19)16-10(15-6)7-2-3-7/h7-8,17H,2-5H2,1H3,(H,14,18)(H,20,21)(H,15,16,19). The predicted octanol–water partition coefficient (Wildman–Crippen LogP) is -0.479. The predicted molar refractivity (Wildman–Crippen MR) is 72.2 cm³/mol. The van der Waals surface area contributed by atoms with E-state index in [1.807, 2.05) is 0 Å². The van der Waals surface area contributed by atoms with Crippen LogP contribution in [0.3, 0.4) is 0 Å². The van der Waals surface area contributed by atoms with E-state index in [-0.39, 0.29) is 24.4 Å². The molecule has 21 heavy (non-hydrogen) atoms. The van der Waals surface area contributed by atoms with E-state index in [4.69, 9.17) is 10.2 Å². The number of nitrogens with one attached hydrogen (secondary N) is 2. The van der Waals surface area contributed by atoms with Crippen LogP contribution in [0.4, 0.5) is 0 Å². The van der Waals surface area contributed by atoms with Crippen LogP contribution in [0.5, 0.6) is 0 Å². The molecule has 1 atom stereocenters. The van der Waals surface area contributed by atoms with E-state index in [0.29, 0.717) is 11.5 Å². The van der Waals surface area contributed by atoms with Gasteiger partial charge in [-0.25, -0.2) is 9.78 Å². The molecule has 114 valence electrons. The van der Waals surface area contributed by atoms with Crippen LogP contribution >= 0.6 is 0 Å². The van der Waals surface area contributed by atoms with Crippen LogP contribution in [0.25, 0.3) is 0 Å². The number of H-pyrrole nitrogens is 1. The van der Waals surface area contributed by atoms with Crippen molar-refractivity contribution in [3.63, 3.8) is 0 Å². The number of rotatable bonds is 6. The average Bonchev–Trinajstić information content (AvgIpc) is 3.21. The molecule has 0 bridgehead atoms. The first-order valence-electron chi connectivity index (χ1n) is 6.70. The van der Waals surface area contributed by atoms with E-state index in [1.54, 1.807) is 6.92 Å². The van der Waals surface area contributed by atoms with Crippen LogP contribution in [-0.4, -0.2) is 44.7 Å². The van der Waals surface area contributed by atoms with Gasteiger partial charge in [-0.15, -0.1) is 0 Å². The number of nitrogens with zero attached hydrogens (tertiary/aromatic N) is 1. The summed E-state index contributed by atoms with van der Waals surface area (Å²) in [6.07, 6.45) is 0.299. The molecule has 1 unspecified atom stereocenters. The molecule has 1 aromatic rings. The number of aliphatic hydroxyl groups is 1. The Balaban J connectivity index is 2.02. The second-order valence-electron chi connectivity index (χ2n) is 5.08. The zero-order valence-electron chi connectivity index (χ0n) is 11.5. The number of carbonyl (C=O) groups is 2. The maximum atomic E-state index is 11.9. The Labute approximate surface area is 120 Å². The first-order valence-corrected chi connectivity index (χ1v) is 6.70. The maximum Gasteiger partial charge on any atom is 0.332 e. The zero-order valence-corrected chi connectivity index (χ0v) is 11.5. The fourth-order valence-corrected chi connectivity index (χ4v) is 1.96. The third-order valence-electron chi connectivity index (χ3n) is 3.30. The lowest BCUT2D eigenvalue weighted by molar-refractivity contribution is -0.146. The van der Waals surface area contributed by atoms with Crippen LogP contribution in [0.2, 0.25) is 0 Å². The lowest BCUT2D eigenvalue weighted by Crippen LogP contribution is -2.34. The number of carboxylic acid groups (broad SMARTS) is 1. The molecular formula is C13H17N3O5. The Hall–Kier alpha value is -2.22. The van der Waals surface area contributed by atoms with E-state index in [0.717, 1.165) is 12.8 Å². The summed E-state index contributed by atoms with van der Waals surface area (Å²) in [6, 6.07) is 0. The summed E-state index contributed by atoms with van der Waals surface area (Å²) in [5.74, 6) is -1.09. The highest BCUT2D eigenvalue weighted by Gasteiger charge is 2.28. The van der Waals surface area contributed by atoms with Gasteiger partial charge in [-0.3, -0.25) is 9.59 Å². The molecule has 1 aliphatic rings. The molecule has 1 aliphatic carbocycles. The smallest absolute Gasteiger partial charge is 0.332 e. The van der Waals surface area contributed by atoms with Crippen molar-refractivity contribution >= 4 is 11.9 Å². The molecule has 1 amide bonds. The minimum absolute atomic E-state index is 0.0461. The second-order valence-corrected chi connectivity index (χ2v) is 5.08. The van der Waals surface area contributed by atoms with Gasteiger partial charge >= 0.3 is 5.97 Å². The molecule has 0 radical (unpaired) electrons. The molecular weight excluding hydrogens is 278 g/mol. The van der Waals surface area contributed by atoms with Gasteiger partial charge in [0.2, 0.25) is 0 Å². The molecule has 0 spiro atoms. The summed E-state index contributed by atoms with van der Waals surface area (Å²) in [5, 5.41) is 20.0. The minimum Gasteiger partial charge on any atom is -0.479 e. The molecule has 0 aromatic carbocycles. The Morgan fingerprint density at radius 3 is 2.67 bits per heavy atom. The quantitative estimate of drug-likeness (QED) is 0.560. The number of hydrogen-bond donors (Lipinski definition) is 4. The molecule has 1 heterocycles. The SMILES string of the molecule is Cc1nc(C2CC2)[nH]c(=O)c1C(=O)NCCC(O)C(=O)O. The van der Waals surface area contributed by atoms with E-state index in [9.17, 15) is 14.4 Å². The summed E-state index contributed by atoms with van der Waals surface area (Å²) in [7, 11) is 0. The van der Waals surface area contributed by atoms with Gasteiger partial charge in [0.1, 0.15) is 11.4 Å². The van der Waals surface area contributed by atoms with E-state index in [1.165, 1.54) is 0 Å². The van der Waals surface area contributed by atoms with Gasteiger partial charge in [-0.2, -0.15) is 0 Å². The Bertz CT molecular complexity index is 621. The highest BCUT2D eigenvalue weighted by Crippen LogP contribution is 2.37. The Kier molecular flexibility index (Phi) is 4.37.